The molecule has 0 spiro atoms. The quantitative estimate of drug-likeness (QED) is 0.373. The number of hydrogen-bond donors (Lipinski definition) is 1. The summed E-state index contributed by atoms with van der Waals surface area (Å²) in [6, 6.07) is 5.30. The highest BCUT2D eigenvalue weighted by Crippen LogP contribution is 2.33. The van der Waals surface area contributed by atoms with Crippen LogP contribution in [0.25, 0.3) is 0 Å². The van der Waals surface area contributed by atoms with E-state index < -0.39 is 41.2 Å². The van der Waals surface area contributed by atoms with Gasteiger partial charge in [0.25, 0.3) is 0 Å². The minimum atomic E-state index is -4.73. The topological polar surface area (TPSA) is 20.2 Å². The first kappa shape index (κ1) is 24.6. The zero-order valence-electron chi connectivity index (χ0n) is 13.7. The Balaban J connectivity index is 0.000000292. The van der Waals surface area contributed by atoms with Gasteiger partial charge in [0, 0.05) is 10.4 Å². The lowest BCUT2D eigenvalue weighted by molar-refractivity contribution is -0.140. The molecule has 0 aliphatic carbocycles. The number of aliphatic hydroxyl groups excluding tert-OH is 1. The first-order valence-electron chi connectivity index (χ1n) is 7.37. The average Bonchev–Trinajstić information content (AvgIpc) is 2.57. The molecule has 0 fully saturated rings. The first-order valence-corrected chi connectivity index (χ1v) is 8.70. The van der Waals surface area contributed by atoms with E-state index in [2.05, 4.69) is 15.9 Å². The van der Waals surface area contributed by atoms with Crippen molar-refractivity contribution in [1.29, 1.82) is 0 Å². The van der Waals surface area contributed by atoms with E-state index in [9.17, 15) is 35.1 Å². The van der Waals surface area contributed by atoms with Crippen LogP contribution < -0.4 is 0 Å². The first-order chi connectivity index (χ1) is 12.8. The third kappa shape index (κ3) is 7.56. The summed E-state index contributed by atoms with van der Waals surface area (Å²) >= 11 is 8.14. The number of benzene rings is 2. The summed E-state index contributed by atoms with van der Waals surface area (Å²) in [7, 11) is 0. The van der Waals surface area contributed by atoms with Crippen molar-refractivity contribution in [3.8, 4) is 0 Å². The molecule has 0 unspecified atom stereocenters. The zero-order chi connectivity index (χ0) is 21.7. The minimum Gasteiger partial charge on any atom is -0.392 e. The number of rotatable bonds is 3. The van der Waals surface area contributed by atoms with E-state index in [1.54, 1.807) is 0 Å². The van der Waals surface area contributed by atoms with Gasteiger partial charge in [-0.15, -0.1) is 11.6 Å². The molecule has 1 N–H and O–H groups in total. The van der Waals surface area contributed by atoms with Crippen LogP contribution >= 0.6 is 27.5 Å². The molecule has 28 heavy (non-hydrogen) atoms. The number of hydrogen-bond acceptors (Lipinski definition) is 1. The Bertz CT molecular complexity index is 792. The van der Waals surface area contributed by atoms with E-state index in [0.717, 1.165) is 12.1 Å². The summed E-state index contributed by atoms with van der Waals surface area (Å²) in [6.07, 6.45) is -10.3. The lowest BCUT2D eigenvalue weighted by Crippen LogP contribution is -2.14. The van der Waals surface area contributed by atoms with Gasteiger partial charge in [-0.3, -0.25) is 0 Å². The Morgan fingerprint density at radius 3 is 1.75 bits per heavy atom. The SMILES string of the molecule is Fc1ccc(Br)cc1C(F)(F)F.O[C@@H](CCl)Cc1ccc(F)c(C(F)(F)F)c1. The molecule has 0 saturated heterocycles. The van der Waals surface area contributed by atoms with Crippen molar-refractivity contribution in [2.45, 2.75) is 24.9 Å². The Morgan fingerprint density at radius 1 is 0.857 bits per heavy atom. The molecule has 0 aliphatic rings. The average molecular weight is 500 g/mol. The molecule has 0 heterocycles. The second kappa shape index (κ2) is 9.89. The molecule has 2 rings (SSSR count). The second-order valence-corrected chi connectivity index (χ2v) is 6.67. The van der Waals surface area contributed by atoms with Crippen molar-refractivity contribution >= 4 is 27.5 Å². The molecule has 1 atom stereocenters. The third-order valence-corrected chi connectivity index (χ3v) is 4.07. The highest BCUT2D eigenvalue weighted by molar-refractivity contribution is 9.10. The van der Waals surface area contributed by atoms with E-state index in [0.29, 0.717) is 12.1 Å². The van der Waals surface area contributed by atoms with Crippen LogP contribution in [0.3, 0.4) is 0 Å². The summed E-state index contributed by atoms with van der Waals surface area (Å²) < 4.78 is 98.5. The van der Waals surface area contributed by atoms with Crippen molar-refractivity contribution in [2.75, 3.05) is 5.88 Å². The largest absolute Gasteiger partial charge is 0.419 e. The van der Waals surface area contributed by atoms with Crippen molar-refractivity contribution < 1.29 is 40.2 Å². The monoisotopic (exact) mass is 498 g/mol. The van der Waals surface area contributed by atoms with Crippen LogP contribution in [0.2, 0.25) is 0 Å². The molecule has 156 valence electrons. The fourth-order valence-electron chi connectivity index (χ4n) is 1.96. The smallest absolute Gasteiger partial charge is 0.392 e. The molecule has 1 nitrogen and oxygen atoms in total. The summed E-state index contributed by atoms with van der Waals surface area (Å²) in [6.45, 7) is 0. The van der Waals surface area contributed by atoms with Crippen LogP contribution in [0.5, 0.6) is 0 Å². The fourth-order valence-corrected chi connectivity index (χ4v) is 2.43. The van der Waals surface area contributed by atoms with Gasteiger partial charge in [-0.05, 0) is 42.3 Å². The Labute approximate surface area is 168 Å². The van der Waals surface area contributed by atoms with E-state index >= 15 is 0 Å². The van der Waals surface area contributed by atoms with Gasteiger partial charge in [0.2, 0.25) is 0 Å². The number of halogens is 10. The Kier molecular flexibility index (Phi) is 8.70. The fraction of sp³-hybridized carbons (Fsp3) is 0.294. The normalized spacial score (nSPS) is 13.0. The van der Waals surface area contributed by atoms with Gasteiger partial charge in [-0.1, -0.05) is 22.0 Å². The molecule has 0 bridgehead atoms. The van der Waals surface area contributed by atoms with E-state index in [1.165, 1.54) is 12.1 Å². The van der Waals surface area contributed by atoms with Gasteiger partial charge in [0.15, 0.2) is 0 Å². The maximum Gasteiger partial charge on any atom is 0.419 e. The summed E-state index contributed by atoms with van der Waals surface area (Å²) in [5.41, 5.74) is -2.38. The van der Waals surface area contributed by atoms with Crippen LogP contribution in [-0.2, 0) is 18.8 Å². The molecular formula is C17H12BrClF8O. The summed E-state index contributed by atoms with van der Waals surface area (Å²) in [5, 5.41) is 9.17. The molecule has 0 aliphatic heterocycles. The maximum atomic E-state index is 12.9. The molecule has 11 heteroatoms. The molecule has 0 saturated carbocycles. The molecule has 0 aromatic heterocycles. The number of alkyl halides is 7. The standard InChI is InChI=1S/C10H9ClF4O.C7H3BrF4/c11-5-7(16)3-6-1-2-9(12)8(4-6)10(13,14)15;8-4-1-2-6(9)5(3-4)7(10,11)12/h1-2,4,7,16H,3,5H2;1-3H/t7-;/m1./s1. The summed E-state index contributed by atoms with van der Waals surface area (Å²) in [4.78, 5) is 0. The number of aliphatic hydroxyl groups is 1. The second-order valence-electron chi connectivity index (χ2n) is 5.45. The van der Waals surface area contributed by atoms with Gasteiger partial charge in [0.1, 0.15) is 11.6 Å². The van der Waals surface area contributed by atoms with Gasteiger partial charge in [0.05, 0.1) is 17.2 Å². The van der Waals surface area contributed by atoms with Crippen LogP contribution in [0.15, 0.2) is 40.9 Å². The predicted octanol–water partition coefficient (Wildman–Crippen LogP) is 6.59. The van der Waals surface area contributed by atoms with Gasteiger partial charge < -0.3 is 5.11 Å². The predicted molar refractivity (Wildman–Crippen MR) is 90.9 cm³/mol. The van der Waals surface area contributed by atoms with E-state index in [-0.39, 0.29) is 22.3 Å². The van der Waals surface area contributed by atoms with Crippen molar-refractivity contribution in [3.63, 3.8) is 0 Å². The third-order valence-electron chi connectivity index (χ3n) is 3.22. The highest BCUT2D eigenvalue weighted by Gasteiger charge is 2.34. The summed E-state index contributed by atoms with van der Waals surface area (Å²) in [5.74, 6) is -2.67. The van der Waals surface area contributed by atoms with Crippen LogP contribution in [0.4, 0.5) is 35.1 Å². The molecular weight excluding hydrogens is 488 g/mol. The zero-order valence-corrected chi connectivity index (χ0v) is 16.0. The molecule has 0 amide bonds. The Morgan fingerprint density at radius 2 is 1.32 bits per heavy atom. The molecule has 0 radical (unpaired) electrons. The molecule has 2 aromatic carbocycles. The van der Waals surface area contributed by atoms with Crippen molar-refractivity contribution in [2.24, 2.45) is 0 Å². The van der Waals surface area contributed by atoms with Crippen molar-refractivity contribution in [3.05, 3.63) is 69.2 Å². The van der Waals surface area contributed by atoms with Crippen molar-refractivity contribution in [1.82, 2.24) is 0 Å². The highest BCUT2D eigenvalue weighted by atomic mass is 79.9. The van der Waals surface area contributed by atoms with E-state index in [1.807, 2.05) is 0 Å². The van der Waals surface area contributed by atoms with Crippen LogP contribution in [-0.4, -0.2) is 17.1 Å². The van der Waals surface area contributed by atoms with Gasteiger partial charge in [-0.2, -0.15) is 26.3 Å². The van der Waals surface area contributed by atoms with E-state index in [4.69, 9.17) is 16.7 Å². The maximum absolute atomic E-state index is 12.9. The lowest BCUT2D eigenvalue weighted by atomic mass is 10.0. The molecule has 2 aromatic rings. The minimum absolute atomic E-state index is 0.0349. The van der Waals surface area contributed by atoms with Crippen LogP contribution in [0.1, 0.15) is 16.7 Å². The van der Waals surface area contributed by atoms with Gasteiger partial charge in [-0.25, -0.2) is 8.78 Å². The van der Waals surface area contributed by atoms with Gasteiger partial charge >= 0.3 is 12.4 Å². The van der Waals surface area contributed by atoms with Crippen LogP contribution in [0, 0.1) is 11.6 Å². The Hall–Kier alpha value is -1.39. The lowest BCUT2D eigenvalue weighted by Gasteiger charge is -2.11.